The summed E-state index contributed by atoms with van der Waals surface area (Å²) < 4.78 is 0. The van der Waals surface area contributed by atoms with E-state index in [2.05, 4.69) is 10.6 Å². The lowest BCUT2D eigenvalue weighted by molar-refractivity contribution is 0.0867. The third-order valence-corrected chi connectivity index (χ3v) is 4.47. The van der Waals surface area contributed by atoms with Crippen LogP contribution in [0.4, 0.5) is 5.69 Å². The molecule has 0 saturated heterocycles. The van der Waals surface area contributed by atoms with Gasteiger partial charge in [-0.15, -0.1) is 0 Å². The lowest BCUT2D eigenvalue weighted by Crippen LogP contribution is -2.38. The van der Waals surface area contributed by atoms with Gasteiger partial charge >= 0.3 is 0 Å². The minimum Gasteiger partial charge on any atom is -0.393 e. The largest absolute Gasteiger partial charge is 0.393 e. The number of rotatable bonds is 4. The summed E-state index contributed by atoms with van der Waals surface area (Å²) in [6.45, 7) is 0. The monoisotopic (exact) mass is 338 g/mol. The molecule has 5 nitrogen and oxygen atoms in total. The van der Waals surface area contributed by atoms with Crippen LogP contribution < -0.4 is 10.6 Å². The van der Waals surface area contributed by atoms with Crippen molar-refractivity contribution < 1.29 is 14.7 Å². The number of aliphatic hydroxyl groups excluding tert-OH is 1. The van der Waals surface area contributed by atoms with Crippen LogP contribution in [0.5, 0.6) is 0 Å². The number of benzene rings is 2. The summed E-state index contributed by atoms with van der Waals surface area (Å²) in [6, 6.07) is 16.0. The molecule has 3 rings (SSSR count). The second-order valence-electron chi connectivity index (χ2n) is 6.38. The SMILES string of the molecule is O=C(Nc1ccccc1)c1ccc(C(=O)NC2CCC(O)CC2)cc1. The number of amides is 2. The molecular weight excluding hydrogens is 316 g/mol. The number of hydrogen-bond acceptors (Lipinski definition) is 3. The van der Waals surface area contributed by atoms with Gasteiger partial charge in [0.05, 0.1) is 6.10 Å². The summed E-state index contributed by atoms with van der Waals surface area (Å²) in [5, 5.41) is 15.3. The Labute approximate surface area is 147 Å². The predicted octanol–water partition coefficient (Wildman–Crippen LogP) is 2.97. The van der Waals surface area contributed by atoms with Crippen LogP contribution >= 0.6 is 0 Å². The lowest BCUT2D eigenvalue weighted by atomic mass is 9.93. The zero-order chi connectivity index (χ0) is 17.6. The first-order chi connectivity index (χ1) is 12.1. The molecule has 0 bridgehead atoms. The third kappa shape index (κ3) is 4.67. The van der Waals surface area contributed by atoms with E-state index in [-0.39, 0.29) is 24.0 Å². The van der Waals surface area contributed by atoms with Crippen LogP contribution in [-0.2, 0) is 0 Å². The first-order valence-corrected chi connectivity index (χ1v) is 8.57. The maximum atomic E-state index is 12.3. The van der Waals surface area contributed by atoms with Crippen molar-refractivity contribution in [2.24, 2.45) is 0 Å². The molecule has 0 aliphatic heterocycles. The van der Waals surface area contributed by atoms with Crippen molar-refractivity contribution in [1.82, 2.24) is 5.32 Å². The molecule has 3 N–H and O–H groups in total. The maximum absolute atomic E-state index is 12.3. The van der Waals surface area contributed by atoms with E-state index in [0.29, 0.717) is 11.1 Å². The van der Waals surface area contributed by atoms with Crippen LogP contribution in [0.25, 0.3) is 0 Å². The van der Waals surface area contributed by atoms with Gasteiger partial charge in [0.25, 0.3) is 11.8 Å². The number of para-hydroxylation sites is 1. The Balaban J connectivity index is 1.58. The molecule has 1 saturated carbocycles. The minimum absolute atomic E-state index is 0.108. The average molecular weight is 338 g/mol. The van der Waals surface area contributed by atoms with Gasteiger partial charge in [-0.3, -0.25) is 9.59 Å². The van der Waals surface area contributed by atoms with E-state index in [9.17, 15) is 14.7 Å². The summed E-state index contributed by atoms with van der Waals surface area (Å²) in [7, 11) is 0. The van der Waals surface area contributed by atoms with Crippen LogP contribution in [-0.4, -0.2) is 29.1 Å². The summed E-state index contributed by atoms with van der Waals surface area (Å²) in [4.78, 5) is 24.5. The number of anilines is 1. The molecule has 130 valence electrons. The maximum Gasteiger partial charge on any atom is 0.255 e. The molecule has 0 aromatic heterocycles. The standard InChI is InChI=1S/C20H22N2O3/c23-18-12-10-17(11-13-18)22-20(25)15-8-6-14(7-9-15)19(24)21-16-4-2-1-3-5-16/h1-9,17-18,23H,10-13H2,(H,21,24)(H,22,25). The minimum atomic E-state index is -0.240. The first kappa shape index (κ1) is 17.2. The Hall–Kier alpha value is -2.66. The fourth-order valence-corrected chi connectivity index (χ4v) is 2.99. The van der Waals surface area contributed by atoms with Crippen molar-refractivity contribution in [2.75, 3.05) is 5.32 Å². The highest BCUT2D eigenvalue weighted by molar-refractivity contribution is 6.05. The molecule has 1 aliphatic carbocycles. The van der Waals surface area contributed by atoms with E-state index in [1.165, 1.54) is 0 Å². The molecule has 5 heteroatoms. The molecule has 0 heterocycles. The Kier molecular flexibility index (Phi) is 5.46. The highest BCUT2D eigenvalue weighted by Crippen LogP contribution is 2.19. The van der Waals surface area contributed by atoms with E-state index >= 15 is 0 Å². The van der Waals surface area contributed by atoms with Crippen LogP contribution in [0.2, 0.25) is 0 Å². The molecular formula is C20H22N2O3. The molecule has 2 amide bonds. The van der Waals surface area contributed by atoms with E-state index in [4.69, 9.17) is 0 Å². The first-order valence-electron chi connectivity index (χ1n) is 8.57. The zero-order valence-electron chi connectivity index (χ0n) is 13.9. The summed E-state index contributed by atoms with van der Waals surface area (Å²) in [5.74, 6) is -0.351. The predicted molar refractivity (Wildman–Crippen MR) is 96.6 cm³/mol. The normalized spacial score (nSPS) is 19.9. The molecule has 2 aromatic rings. The van der Waals surface area contributed by atoms with Gasteiger partial charge in [-0.2, -0.15) is 0 Å². The van der Waals surface area contributed by atoms with Gasteiger partial charge in [-0.05, 0) is 62.1 Å². The fraction of sp³-hybridized carbons (Fsp3) is 0.300. The molecule has 0 unspecified atom stereocenters. The van der Waals surface area contributed by atoms with Gasteiger partial charge in [0, 0.05) is 22.9 Å². The molecule has 1 fully saturated rings. The number of nitrogens with one attached hydrogen (secondary N) is 2. The third-order valence-electron chi connectivity index (χ3n) is 4.47. The van der Waals surface area contributed by atoms with Crippen molar-refractivity contribution in [3.05, 3.63) is 65.7 Å². The van der Waals surface area contributed by atoms with Gasteiger partial charge in [-0.1, -0.05) is 18.2 Å². The molecule has 0 radical (unpaired) electrons. The van der Waals surface area contributed by atoms with Gasteiger partial charge in [0.15, 0.2) is 0 Å². The Bertz CT molecular complexity index is 720. The number of hydrogen-bond donors (Lipinski definition) is 3. The highest BCUT2D eigenvalue weighted by Gasteiger charge is 2.21. The van der Waals surface area contributed by atoms with E-state index in [1.54, 1.807) is 24.3 Å². The number of carbonyl (C=O) groups is 2. The van der Waals surface area contributed by atoms with Crippen molar-refractivity contribution in [3.63, 3.8) is 0 Å². The van der Waals surface area contributed by atoms with Gasteiger partial charge < -0.3 is 15.7 Å². The van der Waals surface area contributed by atoms with Crippen molar-refractivity contribution in [1.29, 1.82) is 0 Å². The van der Waals surface area contributed by atoms with Crippen molar-refractivity contribution in [3.8, 4) is 0 Å². The molecule has 2 aromatic carbocycles. The topological polar surface area (TPSA) is 78.4 Å². The summed E-state index contributed by atoms with van der Waals surface area (Å²) >= 11 is 0. The average Bonchev–Trinajstić information content (AvgIpc) is 2.64. The second-order valence-corrected chi connectivity index (χ2v) is 6.38. The van der Waals surface area contributed by atoms with Gasteiger partial charge in [0.1, 0.15) is 0 Å². The van der Waals surface area contributed by atoms with Crippen LogP contribution in [0.3, 0.4) is 0 Å². The summed E-state index contributed by atoms with van der Waals surface area (Å²) in [5.41, 5.74) is 1.76. The fourth-order valence-electron chi connectivity index (χ4n) is 2.99. The van der Waals surface area contributed by atoms with Gasteiger partial charge in [0.2, 0.25) is 0 Å². The van der Waals surface area contributed by atoms with E-state index < -0.39 is 0 Å². The molecule has 25 heavy (non-hydrogen) atoms. The van der Waals surface area contributed by atoms with Crippen molar-refractivity contribution >= 4 is 17.5 Å². The highest BCUT2D eigenvalue weighted by atomic mass is 16.3. The quantitative estimate of drug-likeness (QED) is 0.802. The van der Waals surface area contributed by atoms with Crippen LogP contribution in [0.15, 0.2) is 54.6 Å². The Morgan fingerprint density at radius 3 is 1.96 bits per heavy atom. The molecule has 1 aliphatic rings. The Morgan fingerprint density at radius 1 is 0.800 bits per heavy atom. The van der Waals surface area contributed by atoms with Gasteiger partial charge in [-0.25, -0.2) is 0 Å². The smallest absolute Gasteiger partial charge is 0.255 e. The number of aliphatic hydroxyl groups is 1. The van der Waals surface area contributed by atoms with Crippen LogP contribution in [0, 0.1) is 0 Å². The van der Waals surface area contributed by atoms with Crippen molar-refractivity contribution in [2.45, 2.75) is 37.8 Å². The molecule has 0 atom stereocenters. The van der Waals surface area contributed by atoms with E-state index in [0.717, 1.165) is 31.4 Å². The van der Waals surface area contributed by atoms with Crippen LogP contribution in [0.1, 0.15) is 46.4 Å². The second kappa shape index (κ2) is 7.94. The lowest BCUT2D eigenvalue weighted by Gasteiger charge is -2.26. The molecule has 0 spiro atoms. The summed E-state index contributed by atoms with van der Waals surface area (Å²) in [6.07, 6.45) is 2.80. The van der Waals surface area contributed by atoms with E-state index in [1.807, 2.05) is 30.3 Å². The Morgan fingerprint density at radius 2 is 1.36 bits per heavy atom. The number of carbonyl (C=O) groups excluding carboxylic acids is 2. The zero-order valence-corrected chi connectivity index (χ0v) is 13.9.